The van der Waals surface area contributed by atoms with Gasteiger partial charge in [0.05, 0.1) is 12.9 Å². The standard InChI is InChI=1S/C15H23NO3S/c1-3-4-11-20(17,18)16-10-9-14(12-16)13-5-7-15(19-2)8-6-13/h5-8,14H,3-4,9-12H2,1-2H3. The summed E-state index contributed by atoms with van der Waals surface area (Å²) in [6, 6.07) is 7.93. The molecule has 0 bridgehead atoms. The average Bonchev–Trinajstić information content (AvgIpc) is 2.96. The Hall–Kier alpha value is -1.07. The molecule has 1 fully saturated rings. The largest absolute Gasteiger partial charge is 0.497 e. The first-order valence-corrected chi connectivity index (χ1v) is 8.79. The van der Waals surface area contributed by atoms with Gasteiger partial charge in [-0.2, -0.15) is 0 Å². The molecule has 0 aliphatic carbocycles. The van der Waals surface area contributed by atoms with Crippen molar-refractivity contribution >= 4 is 10.0 Å². The predicted octanol–water partition coefficient (Wildman–Crippen LogP) is 2.61. The van der Waals surface area contributed by atoms with Crippen molar-refractivity contribution in [3.8, 4) is 5.75 Å². The Morgan fingerprint density at radius 3 is 2.60 bits per heavy atom. The molecular weight excluding hydrogens is 274 g/mol. The highest BCUT2D eigenvalue weighted by Gasteiger charge is 2.31. The maximum absolute atomic E-state index is 12.2. The van der Waals surface area contributed by atoms with Gasteiger partial charge in [0.25, 0.3) is 0 Å². The lowest BCUT2D eigenvalue weighted by Crippen LogP contribution is -2.30. The highest BCUT2D eigenvalue weighted by molar-refractivity contribution is 7.89. The van der Waals surface area contributed by atoms with E-state index in [0.29, 0.717) is 19.0 Å². The van der Waals surface area contributed by atoms with Gasteiger partial charge >= 0.3 is 0 Å². The van der Waals surface area contributed by atoms with Crippen LogP contribution in [-0.4, -0.2) is 38.7 Å². The minimum Gasteiger partial charge on any atom is -0.497 e. The zero-order chi connectivity index (χ0) is 14.6. The van der Waals surface area contributed by atoms with Crippen molar-refractivity contribution in [1.29, 1.82) is 0 Å². The molecule has 0 saturated carbocycles. The summed E-state index contributed by atoms with van der Waals surface area (Å²) in [6.45, 7) is 3.26. The van der Waals surface area contributed by atoms with Crippen LogP contribution in [0.25, 0.3) is 0 Å². The zero-order valence-corrected chi connectivity index (χ0v) is 13.0. The van der Waals surface area contributed by atoms with Crippen LogP contribution in [0, 0.1) is 0 Å². The van der Waals surface area contributed by atoms with Crippen LogP contribution in [0.1, 0.15) is 37.7 Å². The molecule has 1 heterocycles. The second-order valence-corrected chi connectivity index (χ2v) is 7.37. The fraction of sp³-hybridized carbons (Fsp3) is 0.600. The van der Waals surface area contributed by atoms with E-state index in [1.54, 1.807) is 11.4 Å². The van der Waals surface area contributed by atoms with Crippen molar-refractivity contribution in [3.63, 3.8) is 0 Å². The van der Waals surface area contributed by atoms with Crippen molar-refractivity contribution in [1.82, 2.24) is 4.31 Å². The van der Waals surface area contributed by atoms with Crippen molar-refractivity contribution < 1.29 is 13.2 Å². The molecule has 4 nitrogen and oxygen atoms in total. The van der Waals surface area contributed by atoms with Gasteiger partial charge in [-0.1, -0.05) is 25.5 Å². The summed E-state index contributed by atoms with van der Waals surface area (Å²) in [7, 11) is -1.42. The fourth-order valence-corrected chi connectivity index (χ4v) is 4.29. The molecule has 0 radical (unpaired) electrons. The summed E-state index contributed by atoms with van der Waals surface area (Å²) in [5.41, 5.74) is 1.19. The van der Waals surface area contributed by atoms with Crippen LogP contribution in [0.4, 0.5) is 0 Å². The molecule has 1 unspecified atom stereocenters. The number of nitrogens with zero attached hydrogens (tertiary/aromatic N) is 1. The molecule has 0 aromatic heterocycles. The Bertz CT molecular complexity index is 525. The number of methoxy groups -OCH3 is 1. The van der Waals surface area contributed by atoms with Crippen LogP contribution < -0.4 is 4.74 Å². The normalized spacial score (nSPS) is 20.2. The maximum atomic E-state index is 12.2. The van der Waals surface area contributed by atoms with Crippen molar-refractivity contribution in [2.24, 2.45) is 0 Å². The molecule has 1 aliphatic heterocycles. The van der Waals surface area contributed by atoms with E-state index < -0.39 is 10.0 Å². The van der Waals surface area contributed by atoms with Gasteiger partial charge in [0, 0.05) is 13.1 Å². The minimum atomic E-state index is -3.07. The van der Waals surface area contributed by atoms with E-state index in [9.17, 15) is 8.42 Å². The lowest BCUT2D eigenvalue weighted by Gasteiger charge is -2.16. The molecule has 5 heteroatoms. The van der Waals surface area contributed by atoms with Crippen molar-refractivity contribution in [2.75, 3.05) is 26.0 Å². The average molecular weight is 297 g/mol. The predicted molar refractivity (Wildman–Crippen MR) is 80.6 cm³/mol. The van der Waals surface area contributed by atoms with Gasteiger partial charge in [0.2, 0.25) is 10.0 Å². The Kier molecular flexibility index (Phi) is 5.05. The number of unbranched alkanes of at least 4 members (excludes halogenated alkanes) is 1. The van der Waals surface area contributed by atoms with Crippen LogP contribution in [0.5, 0.6) is 5.75 Å². The Balaban J connectivity index is 2.01. The van der Waals surface area contributed by atoms with Gasteiger partial charge < -0.3 is 4.74 Å². The summed E-state index contributed by atoms with van der Waals surface area (Å²) in [5.74, 6) is 1.41. The third-order valence-corrected chi connectivity index (χ3v) is 5.81. The lowest BCUT2D eigenvalue weighted by molar-refractivity contribution is 0.414. The molecule has 1 saturated heterocycles. The molecule has 112 valence electrons. The number of benzene rings is 1. The van der Waals surface area contributed by atoms with Gasteiger partial charge in [0.1, 0.15) is 5.75 Å². The third kappa shape index (κ3) is 3.52. The smallest absolute Gasteiger partial charge is 0.214 e. The van der Waals surface area contributed by atoms with E-state index in [1.165, 1.54) is 5.56 Å². The van der Waals surface area contributed by atoms with Crippen molar-refractivity contribution in [3.05, 3.63) is 29.8 Å². The van der Waals surface area contributed by atoms with Crippen LogP contribution >= 0.6 is 0 Å². The SMILES string of the molecule is CCCCS(=O)(=O)N1CCC(c2ccc(OC)cc2)C1. The topological polar surface area (TPSA) is 46.6 Å². The molecule has 1 aromatic rings. The molecule has 2 rings (SSSR count). The molecule has 1 atom stereocenters. The third-order valence-electron chi connectivity index (χ3n) is 3.89. The molecular formula is C15H23NO3S. The summed E-state index contributed by atoms with van der Waals surface area (Å²) in [5, 5.41) is 0. The highest BCUT2D eigenvalue weighted by Crippen LogP contribution is 2.30. The zero-order valence-electron chi connectivity index (χ0n) is 12.2. The molecule has 0 N–H and O–H groups in total. The monoisotopic (exact) mass is 297 g/mol. The summed E-state index contributed by atoms with van der Waals surface area (Å²) >= 11 is 0. The first kappa shape index (κ1) is 15.3. The second-order valence-electron chi connectivity index (χ2n) is 5.29. The van der Waals surface area contributed by atoms with Gasteiger partial charge in [-0.25, -0.2) is 12.7 Å². The second kappa shape index (κ2) is 6.59. The van der Waals surface area contributed by atoms with E-state index >= 15 is 0 Å². The number of sulfonamides is 1. The molecule has 1 aliphatic rings. The van der Waals surface area contributed by atoms with Gasteiger partial charge in [-0.15, -0.1) is 0 Å². The van der Waals surface area contributed by atoms with E-state index in [-0.39, 0.29) is 5.75 Å². The Morgan fingerprint density at radius 2 is 2.00 bits per heavy atom. The number of ether oxygens (including phenoxy) is 1. The quantitative estimate of drug-likeness (QED) is 0.811. The fourth-order valence-electron chi connectivity index (χ4n) is 2.58. The van der Waals surface area contributed by atoms with E-state index in [1.807, 2.05) is 31.2 Å². The number of rotatable bonds is 6. The summed E-state index contributed by atoms with van der Waals surface area (Å²) < 4.78 is 31.1. The summed E-state index contributed by atoms with van der Waals surface area (Å²) in [4.78, 5) is 0. The number of hydrogen-bond acceptors (Lipinski definition) is 3. The Morgan fingerprint density at radius 1 is 1.30 bits per heavy atom. The van der Waals surface area contributed by atoms with Gasteiger partial charge in [-0.05, 0) is 36.5 Å². The summed E-state index contributed by atoms with van der Waals surface area (Å²) in [6.07, 6.45) is 2.55. The minimum absolute atomic E-state index is 0.277. The maximum Gasteiger partial charge on any atom is 0.214 e. The lowest BCUT2D eigenvalue weighted by atomic mass is 9.99. The molecule has 20 heavy (non-hydrogen) atoms. The molecule has 1 aromatic carbocycles. The van der Waals surface area contributed by atoms with E-state index in [0.717, 1.165) is 25.0 Å². The van der Waals surface area contributed by atoms with Gasteiger partial charge in [0.15, 0.2) is 0 Å². The first-order valence-electron chi connectivity index (χ1n) is 7.18. The first-order chi connectivity index (χ1) is 9.56. The van der Waals surface area contributed by atoms with Crippen LogP contribution in [0.3, 0.4) is 0 Å². The molecule has 0 spiro atoms. The van der Waals surface area contributed by atoms with Crippen LogP contribution in [0.2, 0.25) is 0 Å². The van der Waals surface area contributed by atoms with E-state index in [2.05, 4.69) is 0 Å². The molecule has 0 amide bonds. The number of hydrogen-bond donors (Lipinski definition) is 0. The highest BCUT2D eigenvalue weighted by atomic mass is 32.2. The van der Waals surface area contributed by atoms with Crippen LogP contribution in [-0.2, 0) is 10.0 Å². The van der Waals surface area contributed by atoms with Crippen LogP contribution in [0.15, 0.2) is 24.3 Å². The van der Waals surface area contributed by atoms with Crippen molar-refractivity contribution in [2.45, 2.75) is 32.1 Å². The van der Waals surface area contributed by atoms with Gasteiger partial charge in [-0.3, -0.25) is 0 Å². The van der Waals surface area contributed by atoms with E-state index in [4.69, 9.17) is 4.74 Å². The Labute approximate surface area is 121 Å².